The lowest BCUT2D eigenvalue weighted by Crippen LogP contribution is -2.25. The van der Waals surface area contributed by atoms with E-state index in [4.69, 9.17) is 0 Å². The molecule has 0 radical (unpaired) electrons. The molecule has 0 saturated heterocycles. The van der Waals surface area contributed by atoms with Gasteiger partial charge in [0.2, 0.25) is 15.9 Å². The Bertz CT molecular complexity index is 974. The predicted octanol–water partition coefficient (Wildman–Crippen LogP) is 3.03. The maximum atomic E-state index is 12.5. The molecular weight excluding hydrogens is 388 g/mol. The molecule has 1 aromatic carbocycles. The van der Waals surface area contributed by atoms with Crippen molar-refractivity contribution >= 4 is 21.6 Å². The molecule has 1 saturated carbocycles. The lowest BCUT2D eigenvalue weighted by molar-refractivity contribution is -0.115. The van der Waals surface area contributed by atoms with Gasteiger partial charge in [0.05, 0.1) is 17.0 Å². The molecule has 8 heteroatoms. The minimum absolute atomic E-state index is 0.150. The van der Waals surface area contributed by atoms with Gasteiger partial charge in [-0.1, -0.05) is 13.8 Å². The van der Waals surface area contributed by atoms with Crippen LogP contribution in [-0.4, -0.2) is 30.7 Å². The molecule has 0 unspecified atom stereocenters. The van der Waals surface area contributed by atoms with Crippen molar-refractivity contribution in [2.75, 3.05) is 11.9 Å². The molecule has 0 aliphatic heterocycles. The zero-order valence-electron chi connectivity index (χ0n) is 17.5. The quantitative estimate of drug-likeness (QED) is 0.655. The Labute approximate surface area is 172 Å². The molecule has 1 heterocycles. The summed E-state index contributed by atoms with van der Waals surface area (Å²) in [7, 11) is -3.50. The van der Waals surface area contributed by atoms with Crippen LogP contribution in [0.4, 0.5) is 5.69 Å². The lowest BCUT2D eigenvalue weighted by Gasteiger charge is -2.09. The highest BCUT2D eigenvalue weighted by Crippen LogP contribution is 2.28. The fourth-order valence-corrected chi connectivity index (χ4v) is 4.35. The number of hydrogen-bond donors (Lipinski definition) is 2. The third-order valence-corrected chi connectivity index (χ3v) is 6.55. The number of aromatic nitrogens is 2. The molecule has 7 nitrogen and oxygen atoms in total. The van der Waals surface area contributed by atoms with Gasteiger partial charge in [-0.3, -0.25) is 9.48 Å². The number of rotatable bonds is 9. The number of anilines is 1. The van der Waals surface area contributed by atoms with Crippen molar-refractivity contribution in [2.24, 2.45) is 11.8 Å². The predicted molar refractivity (Wildman–Crippen MR) is 113 cm³/mol. The maximum Gasteiger partial charge on any atom is 0.240 e. The first kappa shape index (κ1) is 21.5. The van der Waals surface area contributed by atoms with Gasteiger partial charge < -0.3 is 5.32 Å². The van der Waals surface area contributed by atoms with Crippen LogP contribution >= 0.6 is 0 Å². The number of sulfonamides is 1. The number of carbonyl (C=O) groups excluding carboxylic acids is 1. The second-order valence-electron chi connectivity index (χ2n) is 8.27. The van der Waals surface area contributed by atoms with Crippen molar-refractivity contribution in [3.05, 3.63) is 41.2 Å². The summed E-state index contributed by atoms with van der Waals surface area (Å²) in [6.45, 7) is 9.48. The Morgan fingerprint density at radius 2 is 1.86 bits per heavy atom. The van der Waals surface area contributed by atoms with Crippen LogP contribution in [0.25, 0.3) is 0 Å². The number of aryl methyl sites for hydroxylation is 1. The van der Waals surface area contributed by atoms with E-state index < -0.39 is 10.0 Å². The molecule has 1 amide bonds. The van der Waals surface area contributed by atoms with Crippen molar-refractivity contribution in [3.63, 3.8) is 0 Å². The Kier molecular flexibility index (Phi) is 6.43. The van der Waals surface area contributed by atoms with Crippen molar-refractivity contribution in [1.82, 2.24) is 14.5 Å². The van der Waals surface area contributed by atoms with E-state index in [0.29, 0.717) is 24.1 Å². The van der Waals surface area contributed by atoms with Crippen molar-refractivity contribution in [3.8, 4) is 0 Å². The number of nitrogens with one attached hydrogen (secondary N) is 2. The fourth-order valence-electron chi connectivity index (χ4n) is 3.23. The van der Waals surface area contributed by atoms with Gasteiger partial charge in [0.25, 0.3) is 0 Å². The van der Waals surface area contributed by atoms with Crippen LogP contribution in [0, 0.1) is 25.7 Å². The first-order valence-corrected chi connectivity index (χ1v) is 11.6. The highest BCUT2D eigenvalue weighted by Gasteiger charge is 2.24. The van der Waals surface area contributed by atoms with E-state index in [9.17, 15) is 13.2 Å². The van der Waals surface area contributed by atoms with Gasteiger partial charge in [-0.05, 0) is 62.8 Å². The third kappa shape index (κ3) is 5.67. The SMILES string of the molecule is Cc1nn(CC(C)C)c(C)c1CC(=O)Nc1ccc(S(=O)(=O)NCC2CC2)cc1. The number of carbonyl (C=O) groups is 1. The summed E-state index contributed by atoms with van der Waals surface area (Å²) >= 11 is 0. The average Bonchev–Trinajstić information content (AvgIpc) is 3.44. The van der Waals surface area contributed by atoms with E-state index in [-0.39, 0.29) is 17.2 Å². The molecule has 1 aliphatic rings. The van der Waals surface area contributed by atoms with Gasteiger partial charge in [0, 0.05) is 30.0 Å². The van der Waals surface area contributed by atoms with Gasteiger partial charge in [-0.2, -0.15) is 5.10 Å². The summed E-state index contributed by atoms with van der Waals surface area (Å²) in [5.41, 5.74) is 3.38. The topological polar surface area (TPSA) is 93.1 Å². The summed E-state index contributed by atoms with van der Waals surface area (Å²) < 4.78 is 29.2. The van der Waals surface area contributed by atoms with Gasteiger partial charge >= 0.3 is 0 Å². The molecule has 29 heavy (non-hydrogen) atoms. The van der Waals surface area contributed by atoms with E-state index in [1.165, 1.54) is 12.1 Å². The normalized spacial score (nSPS) is 14.4. The second-order valence-corrected chi connectivity index (χ2v) is 10.0. The van der Waals surface area contributed by atoms with E-state index in [0.717, 1.165) is 36.3 Å². The first-order chi connectivity index (χ1) is 13.7. The standard InChI is InChI=1S/C21H30N4O3S/c1-14(2)13-25-16(4)20(15(3)24-25)11-21(26)23-18-7-9-19(10-8-18)29(27,28)22-12-17-5-6-17/h7-10,14,17,22H,5-6,11-13H2,1-4H3,(H,23,26). The molecule has 1 aromatic heterocycles. The Hall–Kier alpha value is -2.19. The monoisotopic (exact) mass is 418 g/mol. The molecule has 2 aromatic rings. The molecule has 0 bridgehead atoms. The minimum atomic E-state index is -3.50. The molecule has 0 spiro atoms. The minimum Gasteiger partial charge on any atom is -0.326 e. The lowest BCUT2D eigenvalue weighted by atomic mass is 10.1. The molecule has 2 N–H and O–H groups in total. The fraction of sp³-hybridized carbons (Fsp3) is 0.524. The molecule has 1 fully saturated rings. The number of amides is 1. The maximum absolute atomic E-state index is 12.5. The van der Waals surface area contributed by atoms with Crippen LogP contribution in [0.1, 0.15) is 43.6 Å². The van der Waals surface area contributed by atoms with Crippen LogP contribution in [-0.2, 0) is 27.8 Å². The van der Waals surface area contributed by atoms with E-state index >= 15 is 0 Å². The molecule has 0 atom stereocenters. The van der Waals surface area contributed by atoms with Crippen LogP contribution in [0.5, 0.6) is 0 Å². The molecular formula is C21H30N4O3S. The van der Waals surface area contributed by atoms with Crippen molar-refractivity contribution < 1.29 is 13.2 Å². The molecule has 3 rings (SSSR count). The summed E-state index contributed by atoms with van der Waals surface area (Å²) in [5.74, 6) is 0.797. The van der Waals surface area contributed by atoms with Gasteiger partial charge in [0.15, 0.2) is 0 Å². The van der Waals surface area contributed by atoms with Gasteiger partial charge in [-0.15, -0.1) is 0 Å². The Balaban J connectivity index is 1.61. The zero-order valence-corrected chi connectivity index (χ0v) is 18.3. The molecule has 158 valence electrons. The van der Waals surface area contributed by atoms with E-state index in [1.54, 1.807) is 12.1 Å². The first-order valence-electron chi connectivity index (χ1n) is 10.1. The number of benzene rings is 1. The Morgan fingerprint density at radius 3 is 2.45 bits per heavy atom. The number of nitrogens with zero attached hydrogens (tertiary/aromatic N) is 2. The highest BCUT2D eigenvalue weighted by molar-refractivity contribution is 7.89. The van der Waals surface area contributed by atoms with Crippen LogP contribution < -0.4 is 10.0 Å². The zero-order chi connectivity index (χ0) is 21.2. The summed E-state index contributed by atoms with van der Waals surface area (Å²) in [5, 5.41) is 7.39. The largest absolute Gasteiger partial charge is 0.326 e. The second kappa shape index (κ2) is 8.67. The van der Waals surface area contributed by atoms with Crippen LogP contribution in [0.2, 0.25) is 0 Å². The number of hydrogen-bond acceptors (Lipinski definition) is 4. The summed E-state index contributed by atoms with van der Waals surface area (Å²) in [4.78, 5) is 12.7. The van der Waals surface area contributed by atoms with Gasteiger partial charge in [0.1, 0.15) is 0 Å². The smallest absolute Gasteiger partial charge is 0.240 e. The molecule has 1 aliphatic carbocycles. The Morgan fingerprint density at radius 1 is 1.21 bits per heavy atom. The summed E-state index contributed by atoms with van der Waals surface area (Å²) in [6, 6.07) is 6.26. The van der Waals surface area contributed by atoms with Crippen LogP contribution in [0.3, 0.4) is 0 Å². The van der Waals surface area contributed by atoms with Crippen LogP contribution in [0.15, 0.2) is 29.2 Å². The van der Waals surface area contributed by atoms with Crippen molar-refractivity contribution in [1.29, 1.82) is 0 Å². The van der Waals surface area contributed by atoms with E-state index in [1.807, 2.05) is 18.5 Å². The van der Waals surface area contributed by atoms with Crippen molar-refractivity contribution in [2.45, 2.75) is 58.4 Å². The average molecular weight is 419 g/mol. The van der Waals surface area contributed by atoms with Gasteiger partial charge in [-0.25, -0.2) is 13.1 Å². The van der Waals surface area contributed by atoms with E-state index in [2.05, 4.69) is 29.0 Å². The highest BCUT2D eigenvalue weighted by atomic mass is 32.2. The summed E-state index contributed by atoms with van der Waals surface area (Å²) in [6.07, 6.45) is 2.41. The third-order valence-electron chi connectivity index (χ3n) is 5.11.